The monoisotopic (exact) mass is 345 g/mol. The molecule has 0 amide bonds. The molecule has 2 aromatic carbocycles. The van der Waals surface area contributed by atoms with Gasteiger partial charge in [-0.3, -0.25) is 0 Å². The number of halogens is 1. The van der Waals surface area contributed by atoms with E-state index in [0.717, 1.165) is 19.5 Å². The van der Waals surface area contributed by atoms with Crippen LogP contribution in [0.2, 0.25) is 5.02 Å². The highest BCUT2D eigenvalue weighted by Gasteiger charge is 2.28. The summed E-state index contributed by atoms with van der Waals surface area (Å²) in [6.45, 7) is 4.05. The van der Waals surface area contributed by atoms with Gasteiger partial charge in [0.1, 0.15) is 0 Å². The molecule has 0 bridgehead atoms. The Morgan fingerprint density at radius 1 is 1.12 bits per heavy atom. The second-order valence-electron chi connectivity index (χ2n) is 6.47. The van der Waals surface area contributed by atoms with Crippen LogP contribution in [0.1, 0.15) is 28.2 Å². The summed E-state index contributed by atoms with van der Waals surface area (Å²) in [6, 6.07) is 10.9. The highest BCUT2D eigenvalue weighted by molar-refractivity contribution is 6.33. The van der Waals surface area contributed by atoms with Crippen LogP contribution < -0.4 is 9.47 Å². The van der Waals surface area contributed by atoms with E-state index in [2.05, 4.69) is 49.2 Å². The lowest BCUT2D eigenvalue weighted by atomic mass is 9.87. The molecule has 0 aliphatic carbocycles. The van der Waals surface area contributed by atoms with Gasteiger partial charge < -0.3 is 14.4 Å². The van der Waals surface area contributed by atoms with Gasteiger partial charge in [0.25, 0.3) is 0 Å². The summed E-state index contributed by atoms with van der Waals surface area (Å²) in [5.74, 6) is 1.60. The van der Waals surface area contributed by atoms with E-state index in [1.807, 2.05) is 0 Å². The number of benzene rings is 2. The molecular formula is C20H24ClNO2. The number of ether oxygens (including phenoxy) is 2. The van der Waals surface area contributed by atoms with E-state index in [4.69, 9.17) is 21.1 Å². The average Bonchev–Trinajstić information content (AvgIpc) is 2.75. The molecule has 3 rings (SSSR count). The molecule has 0 N–H and O–H groups in total. The zero-order valence-electron chi connectivity index (χ0n) is 14.7. The number of hydrogen-bond donors (Lipinski definition) is 0. The molecule has 0 spiro atoms. The van der Waals surface area contributed by atoms with Gasteiger partial charge >= 0.3 is 0 Å². The number of hydrogen-bond acceptors (Lipinski definition) is 3. The van der Waals surface area contributed by atoms with Crippen molar-refractivity contribution >= 4 is 11.6 Å². The van der Waals surface area contributed by atoms with Crippen molar-refractivity contribution < 1.29 is 9.47 Å². The van der Waals surface area contributed by atoms with Crippen LogP contribution in [0.25, 0.3) is 0 Å². The van der Waals surface area contributed by atoms with E-state index >= 15 is 0 Å². The molecule has 0 fully saturated rings. The van der Waals surface area contributed by atoms with E-state index in [9.17, 15) is 0 Å². The Morgan fingerprint density at radius 2 is 1.83 bits per heavy atom. The zero-order valence-corrected chi connectivity index (χ0v) is 15.5. The van der Waals surface area contributed by atoms with Gasteiger partial charge in [0.05, 0.1) is 19.2 Å². The van der Waals surface area contributed by atoms with Crippen molar-refractivity contribution in [1.82, 2.24) is 4.90 Å². The van der Waals surface area contributed by atoms with Crippen LogP contribution in [-0.2, 0) is 6.42 Å². The standard InChI is InChI=1S/C20H24ClNO2/c1-13-5-7-14(8-6-13)17-12-22(2)10-9-15-16(17)11-18(23-3)20(24-4)19(15)21/h5-8,11,17H,9-10,12H2,1-4H3. The SMILES string of the molecule is COc1cc2c(c(Cl)c1OC)CCN(C)CC2c1ccc(C)cc1. The average molecular weight is 346 g/mol. The van der Waals surface area contributed by atoms with Gasteiger partial charge in [0.2, 0.25) is 0 Å². The van der Waals surface area contributed by atoms with E-state index in [1.165, 1.54) is 22.3 Å². The number of methoxy groups -OCH3 is 2. The summed E-state index contributed by atoms with van der Waals surface area (Å²) in [6.07, 6.45) is 0.910. The first-order valence-corrected chi connectivity index (χ1v) is 8.61. The second-order valence-corrected chi connectivity index (χ2v) is 6.85. The molecule has 0 saturated carbocycles. The molecule has 1 atom stereocenters. The molecule has 1 unspecified atom stereocenters. The largest absolute Gasteiger partial charge is 0.493 e. The third kappa shape index (κ3) is 3.11. The Labute approximate surface area is 149 Å². The summed E-state index contributed by atoms with van der Waals surface area (Å²) in [7, 11) is 5.45. The maximum atomic E-state index is 6.69. The molecular weight excluding hydrogens is 322 g/mol. The lowest BCUT2D eigenvalue weighted by Crippen LogP contribution is -2.24. The van der Waals surface area contributed by atoms with Crippen LogP contribution in [0.3, 0.4) is 0 Å². The van der Waals surface area contributed by atoms with Gasteiger partial charge in [-0.05, 0) is 43.1 Å². The highest BCUT2D eigenvalue weighted by Crippen LogP contribution is 2.44. The minimum absolute atomic E-state index is 0.269. The molecule has 2 aromatic rings. The van der Waals surface area contributed by atoms with E-state index in [0.29, 0.717) is 16.5 Å². The first-order chi connectivity index (χ1) is 11.5. The van der Waals surface area contributed by atoms with Crippen molar-refractivity contribution in [3.63, 3.8) is 0 Å². The molecule has 3 nitrogen and oxygen atoms in total. The van der Waals surface area contributed by atoms with Gasteiger partial charge in [-0.2, -0.15) is 0 Å². The van der Waals surface area contributed by atoms with Crippen molar-refractivity contribution in [2.24, 2.45) is 0 Å². The van der Waals surface area contributed by atoms with Gasteiger partial charge in [-0.1, -0.05) is 41.4 Å². The predicted molar refractivity (Wildman–Crippen MR) is 98.8 cm³/mol. The number of fused-ring (bicyclic) bond motifs is 1. The number of rotatable bonds is 3. The summed E-state index contributed by atoms with van der Waals surface area (Å²) < 4.78 is 11.0. The lowest BCUT2D eigenvalue weighted by Gasteiger charge is -2.23. The minimum Gasteiger partial charge on any atom is -0.493 e. The quantitative estimate of drug-likeness (QED) is 0.828. The van der Waals surface area contributed by atoms with Gasteiger partial charge in [-0.25, -0.2) is 0 Å². The van der Waals surface area contributed by atoms with Crippen molar-refractivity contribution in [3.8, 4) is 11.5 Å². The Kier molecular flexibility index (Phi) is 5.02. The van der Waals surface area contributed by atoms with Gasteiger partial charge in [0.15, 0.2) is 11.5 Å². The van der Waals surface area contributed by atoms with Crippen molar-refractivity contribution in [2.45, 2.75) is 19.3 Å². The van der Waals surface area contributed by atoms with Crippen LogP contribution in [0, 0.1) is 6.92 Å². The van der Waals surface area contributed by atoms with Crippen LogP contribution >= 0.6 is 11.6 Å². The van der Waals surface area contributed by atoms with Gasteiger partial charge in [0, 0.05) is 19.0 Å². The van der Waals surface area contributed by atoms with Crippen LogP contribution in [0.15, 0.2) is 30.3 Å². The summed E-state index contributed by atoms with van der Waals surface area (Å²) in [5, 5.41) is 0.680. The smallest absolute Gasteiger partial charge is 0.179 e. The number of aryl methyl sites for hydroxylation is 1. The van der Waals surface area contributed by atoms with E-state index in [-0.39, 0.29) is 5.92 Å². The molecule has 4 heteroatoms. The molecule has 1 aliphatic rings. The fourth-order valence-corrected chi connectivity index (χ4v) is 3.83. The van der Waals surface area contributed by atoms with Crippen LogP contribution in [0.5, 0.6) is 11.5 Å². The number of likely N-dealkylation sites (N-methyl/N-ethyl adjacent to an activating group) is 1. The fraction of sp³-hybridized carbons (Fsp3) is 0.400. The molecule has 128 valence electrons. The van der Waals surface area contributed by atoms with Crippen molar-refractivity contribution in [1.29, 1.82) is 0 Å². The van der Waals surface area contributed by atoms with Gasteiger partial charge in [-0.15, -0.1) is 0 Å². The normalized spacial score (nSPS) is 18.0. The summed E-state index contributed by atoms with van der Waals surface area (Å²) >= 11 is 6.69. The fourth-order valence-electron chi connectivity index (χ4n) is 3.46. The van der Waals surface area contributed by atoms with Crippen molar-refractivity contribution in [2.75, 3.05) is 34.4 Å². The Morgan fingerprint density at radius 3 is 2.46 bits per heavy atom. The Balaban J connectivity index is 2.18. The van der Waals surface area contributed by atoms with Crippen molar-refractivity contribution in [3.05, 3.63) is 57.6 Å². The highest BCUT2D eigenvalue weighted by atomic mass is 35.5. The Bertz CT molecular complexity index is 727. The predicted octanol–water partition coefficient (Wildman–Crippen LogP) is 4.29. The summed E-state index contributed by atoms with van der Waals surface area (Å²) in [5.41, 5.74) is 4.99. The molecule has 24 heavy (non-hydrogen) atoms. The minimum atomic E-state index is 0.269. The number of nitrogens with zero attached hydrogens (tertiary/aromatic N) is 1. The molecule has 0 saturated heterocycles. The molecule has 1 heterocycles. The summed E-state index contributed by atoms with van der Waals surface area (Å²) in [4.78, 5) is 2.36. The molecule has 1 aliphatic heterocycles. The second kappa shape index (κ2) is 7.04. The van der Waals surface area contributed by atoms with Crippen LogP contribution in [-0.4, -0.2) is 39.3 Å². The lowest BCUT2D eigenvalue weighted by molar-refractivity contribution is 0.338. The maximum Gasteiger partial charge on any atom is 0.179 e. The first kappa shape index (κ1) is 17.1. The topological polar surface area (TPSA) is 21.7 Å². The third-order valence-corrected chi connectivity index (χ3v) is 5.24. The van der Waals surface area contributed by atoms with Crippen LogP contribution in [0.4, 0.5) is 0 Å². The first-order valence-electron chi connectivity index (χ1n) is 8.23. The third-order valence-electron chi connectivity index (χ3n) is 4.84. The van der Waals surface area contributed by atoms with E-state index in [1.54, 1.807) is 14.2 Å². The molecule has 0 aromatic heterocycles. The maximum absolute atomic E-state index is 6.69. The Hall–Kier alpha value is -1.71. The zero-order chi connectivity index (χ0) is 17.3. The van der Waals surface area contributed by atoms with E-state index < -0.39 is 0 Å². The molecule has 0 radical (unpaired) electrons.